The van der Waals surface area contributed by atoms with E-state index in [9.17, 15) is 27.9 Å². The standard InChI is InChI=1S/C28H34F3N3O4/c1-5-23-33-22(14-15-27(2,3)38-4)24(25(35)32-16-18-6-10-20(11-7-18)26(36)37)34(23)17-19-8-12-21(13-9-19)28(29,30)31/h8-9,12-13,18,20H,5-7,10-11,16-17H2,1-4H3,(H,32,35)(H,36,37). The molecule has 0 radical (unpaired) electrons. The minimum Gasteiger partial charge on any atom is -0.481 e. The summed E-state index contributed by atoms with van der Waals surface area (Å²) in [4.78, 5) is 29.3. The van der Waals surface area contributed by atoms with Gasteiger partial charge in [-0.3, -0.25) is 9.59 Å². The van der Waals surface area contributed by atoms with Gasteiger partial charge in [0, 0.05) is 26.6 Å². The Balaban J connectivity index is 1.90. The molecule has 3 rings (SSSR count). The van der Waals surface area contributed by atoms with Gasteiger partial charge in [-0.15, -0.1) is 0 Å². The zero-order valence-electron chi connectivity index (χ0n) is 22.1. The highest BCUT2D eigenvalue weighted by Crippen LogP contribution is 2.30. The number of imidazole rings is 1. The van der Waals surface area contributed by atoms with Crippen LogP contribution in [0.15, 0.2) is 24.3 Å². The molecule has 2 aromatic rings. The van der Waals surface area contributed by atoms with E-state index in [-0.39, 0.29) is 35.7 Å². The first kappa shape index (κ1) is 29.2. The van der Waals surface area contributed by atoms with Gasteiger partial charge in [-0.25, -0.2) is 4.98 Å². The van der Waals surface area contributed by atoms with Crippen molar-refractivity contribution in [3.63, 3.8) is 0 Å². The van der Waals surface area contributed by atoms with Crippen LogP contribution in [-0.2, 0) is 28.7 Å². The zero-order chi connectivity index (χ0) is 28.1. The summed E-state index contributed by atoms with van der Waals surface area (Å²) in [7, 11) is 1.53. The van der Waals surface area contributed by atoms with E-state index in [4.69, 9.17) is 4.74 Å². The number of hydrogen-bond donors (Lipinski definition) is 2. The lowest BCUT2D eigenvalue weighted by atomic mass is 9.82. The number of aryl methyl sites for hydroxylation is 1. The van der Waals surface area contributed by atoms with Crippen LogP contribution < -0.4 is 5.32 Å². The third kappa shape index (κ3) is 7.38. The molecule has 1 aromatic carbocycles. The van der Waals surface area contributed by atoms with E-state index < -0.39 is 23.3 Å². The number of benzene rings is 1. The van der Waals surface area contributed by atoms with Gasteiger partial charge >= 0.3 is 12.1 Å². The molecule has 38 heavy (non-hydrogen) atoms. The molecule has 0 bridgehead atoms. The first-order chi connectivity index (χ1) is 17.8. The van der Waals surface area contributed by atoms with Gasteiger partial charge in [-0.1, -0.05) is 25.0 Å². The number of aromatic nitrogens is 2. The van der Waals surface area contributed by atoms with E-state index in [2.05, 4.69) is 22.1 Å². The Kier molecular flexibility index (Phi) is 9.26. The Morgan fingerprint density at radius 3 is 2.32 bits per heavy atom. The number of ether oxygens (including phenoxy) is 1. The molecule has 1 aliphatic rings. The number of aliphatic carboxylic acids is 1. The summed E-state index contributed by atoms with van der Waals surface area (Å²) in [5.74, 6) is 5.18. The highest BCUT2D eigenvalue weighted by Gasteiger charge is 2.30. The third-order valence-electron chi connectivity index (χ3n) is 6.94. The summed E-state index contributed by atoms with van der Waals surface area (Å²) in [6.07, 6.45) is -1.40. The maximum absolute atomic E-state index is 13.5. The van der Waals surface area contributed by atoms with E-state index in [0.717, 1.165) is 12.1 Å². The van der Waals surface area contributed by atoms with Crippen LogP contribution in [-0.4, -0.2) is 45.8 Å². The number of carbonyl (C=O) groups is 2. The van der Waals surface area contributed by atoms with Crippen LogP contribution in [0.1, 0.15) is 79.6 Å². The normalized spacial score (nSPS) is 18.0. The van der Waals surface area contributed by atoms with Crippen molar-refractivity contribution in [1.82, 2.24) is 14.9 Å². The lowest BCUT2D eigenvalue weighted by molar-refractivity contribution is -0.143. The van der Waals surface area contributed by atoms with E-state index in [1.54, 1.807) is 18.4 Å². The maximum atomic E-state index is 13.5. The Morgan fingerprint density at radius 1 is 1.16 bits per heavy atom. The molecule has 0 aliphatic heterocycles. The average molecular weight is 534 g/mol. The SMILES string of the molecule is CCc1nc(C#CC(C)(C)OC)c(C(=O)NCC2CCC(C(=O)O)CC2)n1Cc1ccc(C(F)(F)F)cc1. The molecule has 1 amide bonds. The van der Waals surface area contributed by atoms with E-state index >= 15 is 0 Å². The van der Waals surface area contributed by atoms with Crippen LogP contribution >= 0.6 is 0 Å². The molecule has 1 aliphatic carbocycles. The molecule has 0 saturated heterocycles. The summed E-state index contributed by atoms with van der Waals surface area (Å²) >= 11 is 0. The summed E-state index contributed by atoms with van der Waals surface area (Å²) in [5, 5.41) is 12.2. The van der Waals surface area contributed by atoms with Gasteiger partial charge in [0.15, 0.2) is 0 Å². The van der Waals surface area contributed by atoms with Crippen molar-refractivity contribution >= 4 is 11.9 Å². The molecule has 1 saturated carbocycles. The Bertz CT molecular complexity index is 1200. The van der Waals surface area contributed by atoms with Crippen molar-refractivity contribution < 1.29 is 32.6 Å². The molecule has 2 N–H and O–H groups in total. The number of carboxylic acid groups (broad SMARTS) is 1. The number of rotatable bonds is 8. The van der Waals surface area contributed by atoms with Crippen molar-refractivity contribution in [2.75, 3.05) is 13.7 Å². The number of methoxy groups -OCH3 is 1. The van der Waals surface area contributed by atoms with Crippen LogP contribution in [0.4, 0.5) is 13.2 Å². The van der Waals surface area contributed by atoms with E-state index in [1.807, 2.05) is 6.92 Å². The Labute approximate surface area is 220 Å². The fraction of sp³-hybridized carbons (Fsp3) is 0.536. The topological polar surface area (TPSA) is 93.4 Å². The van der Waals surface area contributed by atoms with Crippen molar-refractivity contribution in [2.24, 2.45) is 11.8 Å². The summed E-state index contributed by atoms with van der Waals surface area (Å²) in [5.41, 5.74) is -0.430. The fourth-order valence-electron chi connectivity index (χ4n) is 4.43. The molecule has 206 valence electrons. The van der Waals surface area contributed by atoms with E-state index in [0.29, 0.717) is 50.0 Å². The molecule has 1 fully saturated rings. The van der Waals surface area contributed by atoms with Gasteiger partial charge in [0.25, 0.3) is 5.91 Å². The van der Waals surface area contributed by atoms with Gasteiger partial charge < -0.3 is 19.7 Å². The van der Waals surface area contributed by atoms with Gasteiger partial charge in [-0.2, -0.15) is 13.2 Å². The monoisotopic (exact) mass is 533 g/mol. The molecule has 0 spiro atoms. The number of hydrogen-bond acceptors (Lipinski definition) is 4. The fourth-order valence-corrected chi connectivity index (χ4v) is 4.43. The van der Waals surface area contributed by atoms with Gasteiger partial charge in [0.1, 0.15) is 22.8 Å². The van der Waals surface area contributed by atoms with Crippen molar-refractivity contribution in [1.29, 1.82) is 0 Å². The largest absolute Gasteiger partial charge is 0.481 e. The summed E-state index contributed by atoms with van der Waals surface area (Å²) in [6, 6.07) is 4.83. The van der Waals surface area contributed by atoms with Gasteiger partial charge in [-0.05, 0) is 69.1 Å². The van der Waals surface area contributed by atoms with E-state index in [1.165, 1.54) is 19.2 Å². The highest BCUT2D eigenvalue weighted by molar-refractivity contribution is 5.95. The van der Waals surface area contributed by atoms with Crippen LogP contribution in [0.25, 0.3) is 0 Å². The van der Waals surface area contributed by atoms with Crippen molar-refractivity contribution in [3.05, 3.63) is 52.6 Å². The quantitative estimate of drug-likeness (QED) is 0.471. The first-order valence-electron chi connectivity index (χ1n) is 12.7. The molecule has 1 heterocycles. The van der Waals surface area contributed by atoms with Crippen LogP contribution in [0.3, 0.4) is 0 Å². The second kappa shape index (κ2) is 12.0. The molecule has 0 atom stereocenters. The zero-order valence-corrected chi connectivity index (χ0v) is 22.1. The van der Waals surface area contributed by atoms with Crippen molar-refractivity contribution in [3.8, 4) is 11.8 Å². The second-order valence-corrected chi connectivity index (χ2v) is 10.1. The minimum absolute atomic E-state index is 0.149. The Morgan fingerprint density at radius 2 is 1.79 bits per heavy atom. The smallest absolute Gasteiger partial charge is 0.416 e. The van der Waals surface area contributed by atoms with Gasteiger partial charge in [0.05, 0.1) is 11.5 Å². The lowest BCUT2D eigenvalue weighted by Gasteiger charge is -2.26. The summed E-state index contributed by atoms with van der Waals surface area (Å²) < 4.78 is 46.1. The molecule has 1 aromatic heterocycles. The van der Waals surface area contributed by atoms with Crippen LogP contribution in [0, 0.1) is 23.7 Å². The van der Waals surface area contributed by atoms with Crippen LogP contribution in [0.2, 0.25) is 0 Å². The number of amides is 1. The number of nitrogens with zero attached hydrogens (tertiary/aromatic N) is 2. The van der Waals surface area contributed by atoms with Crippen molar-refractivity contribution in [2.45, 2.75) is 71.2 Å². The molecular weight excluding hydrogens is 499 g/mol. The Hall–Kier alpha value is -3.32. The number of alkyl halides is 3. The molecule has 0 unspecified atom stereocenters. The third-order valence-corrected chi connectivity index (χ3v) is 6.94. The number of nitrogens with one attached hydrogen (secondary N) is 1. The predicted molar refractivity (Wildman–Crippen MR) is 136 cm³/mol. The number of halogens is 3. The first-order valence-corrected chi connectivity index (χ1v) is 12.7. The summed E-state index contributed by atoms with van der Waals surface area (Å²) in [6.45, 7) is 5.98. The van der Waals surface area contributed by atoms with Crippen LogP contribution in [0.5, 0.6) is 0 Å². The minimum atomic E-state index is -4.44. The average Bonchev–Trinajstić information content (AvgIpc) is 3.23. The number of carbonyl (C=O) groups excluding carboxylic acids is 1. The highest BCUT2D eigenvalue weighted by atomic mass is 19.4. The lowest BCUT2D eigenvalue weighted by Crippen LogP contribution is -2.34. The van der Waals surface area contributed by atoms with Gasteiger partial charge in [0.2, 0.25) is 0 Å². The number of carboxylic acids is 1. The predicted octanol–water partition coefficient (Wildman–Crippen LogP) is 4.91. The molecule has 7 nitrogen and oxygen atoms in total. The second-order valence-electron chi connectivity index (χ2n) is 10.1. The molecule has 10 heteroatoms. The molecular formula is C28H34F3N3O4. The maximum Gasteiger partial charge on any atom is 0.416 e.